The summed E-state index contributed by atoms with van der Waals surface area (Å²) in [6.07, 6.45) is 0.756. The minimum atomic E-state index is -0.273. The zero-order valence-electron chi connectivity index (χ0n) is 15.6. The van der Waals surface area contributed by atoms with E-state index in [1.165, 1.54) is 5.01 Å². The molecular weight excluding hydrogens is 316 g/mol. The van der Waals surface area contributed by atoms with Crippen molar-refractivity contribution in [2.45, 2.75) is 39.7 Å². The van der Waals surface area contributed by atoms with Gasteiger partial charge in [-0.2, -0.15) is 5.10 Å². The maximum atomic E-state index is 12.5. The van der Waals surface area contributed by atoms with Crippen LogP contribution in [0, 0.1) is 0 Å². The summed E-state index contributed by atoms with van der Waals surface area (Å²) in [5.41, 5.74) is 1.71. The fourth-order valence-corrected chi connectivity index (χ4v) is 2.68. The van der Waals surface area contributed by atoms with Gasteiger partial charge in [0.05, 0.1) is 25.3 Å². The molecule has 0 radical (unpaired) electrons. The molecule has 0 fully saturated rings. The summed E-state index contributed by atoms with van der Waals surface area (Å²) in [6, 6.07) is 9.90. The number of hydrogen-bond acceptors (Lipinski definition) is 4. The zero-order valence-corrected chi connectivity index (χ0v) is 15.6. The van der Waals surface area contributed by atoms with E-state index in [1.54, 1.807) is 0 Å². The molecule has 2 amide bonds. The molecule has 1 N–H and O–H groups in total. The highest BCUT2D eigenvalue weighted by molar-refractivity contribution is 6.02. The number of likely N-dealkylation sites (N-methyl/N-ethyl adjacent to an activating group) is 1. The van der Waals surface area contributed by atoms with Crippen LogP contribution >= 0.6 is 0 Å². The number of hydrazone groups is 1. The molecular formula is C19H28N4O2. The lowest BCUT2D eigenvalue weighted by atomic mass is 10.1. The van der Waals surface area contributed by atoms with E-state index >= 15 is 0 Å². The normalized spacial score (nSPS) is 14.6. The smallest absolute Gasteiger partial charge is 0.256 e. The third kappa shape index (κ3) is 5.98. The van der Waals surface area contributed by atoms with Gasteiger partial charge in [0.15, 0.2) is 0 Å². The Bertz CT molecular complexity index is 635. The van der Waals surface area contributed by atoms with Crippen LogP contribution in [0.5, 0.6) is 0 Å². The molecule has 0 bridgehead atoms. The topological polar surface area (TPSA) is 65.0 Å². The van der Waals surface area contributed by atoms with Gasteiger partial charge in [-0.15, -0.1) is 0 Å². The predicted molar refractivity (Wildman–Crippen MR) is 99.3 cm³/mol. The third-order valence-corrected chi connectivity index (χ3v) is 3.88. The highest BCUT2D eigenvalue weighted by Gasteiger charge is 2.24. The lowest BCUT2D eigenvalue weighted by molar-refractivity contribution is -0.132. The second kappa shape index (κ2) is 8.25. The first-order chi connectivity index (χ1) is 11.8. The maximum absolute atomic E-state index is 12.5. The Balaban J connectivity index is 1.92. The number of hydrogen-bond donors (Lipinski definition) is 1. The van der Waals surface area contributed by atoms with E-state index in [0.29, 0.717) is 13.1 Å². The Morgan fingerprint density at radius 3 is 2.48 bits per heavy atom. The molecule has 136 valence electrons. The van der Waals surface area contributed by atoms with Crippen LogP contribution in [0.1, 0.15) is 39.7 Å². The van der Waals surface area contributed by atoms with Crippen LogP contribution in [0.15, 0.2) is 35.4 Å². The Labute approximate surface area is 149 Å². The lowest BCUT2D eigenvalue weighted by Crippen LogP contribution is -2.47. The first-order valence-corrected chi connectivity index (χ1v) is 8.75. The molecule has 0 aliphatic carbocycles. The maximum Gasteiger partial charge on any atom is 0.256 e. The summed E-state index contributed by atoms with van der Waals surface area (Å²) in [5.74, 6) is -0.145. The van der Waals surface area contributed by atoms with Gasteiger partial charge >= 0.3 is 0 Å². The molecule has 0 spiro atoms. The van der Waals surface area contributed by atoms with Crippen molar-refractivity contribution in [1.82, 2.24) is 15.2 Å². The zero-order chi connectivity index (χ0) is 18.4. The first kappa shape index (κ1) is 19.1. The van der Waals surface area contributed by atoms with Gasteiger partial charge in [0.1, 0.15) is 0 Å². The monoisotopic (exact) mass is 344 g/mol. The van der Waals surface area contributed by atoms with E-state index in [1.807, 2.05) is 62.9 Å². The van der Waals surface area contributed by atoms with Crippen LogP contribution in [-0.4, -0.2) is 59.2 Å². The van der Waals surface area contributed by atoms with Crippen LogP contribution in [0.4, 0.5) is 0 Å². The average molecular weight is 344 g/mol. The predicted octanol–water partition coefficient (Wildman–Crippen LogP) is 1.86. The summed E-state index contributed by atoms with van der Waals surface area (Å²) in [4.78, 5) is 26.4. The minimum Gasteiger partial charge on any atom is -0.350 e. The summed E-state index contributed by atoms with van der Waals surface area (Å²) < 4.78 is 0. The summed E-state index contributed by atoms with van der Waals surface area (Å²) in [7, 11) is 0. The van der Waals surface area contributed by atoms with E-state index < -0.39 is 0 Å². The number of carbonyl (C=O) groups is 2. The van der Waals surface area contributed by atoms with Crippen LogP contribution in [0.25, 0.3) is 0 Å². The standard InChI is InChI=1S/C19H28N4O2/c1-5-22(13-17(24)20-19(2,3)4)14-18(25)23-12-11-16(21-23)15-9-7-6-8-10-15/h6-10H,5,11-14H2,1-4H3,(H,20,24). The van der Waals surface area contributed by atoms with Gasteiger partial charge in [0, 0.05) is 12.0 Å². The molecule has 1 aliphatic heterocycles. The second-order valence-electron chi connectivity index (χ2n) is 7.28. The van der Waals surface area contributed by atoms with Crippen molar-refractivity contribution in [3.05, 3.63) is 35.9 Å². The van der Waals surface area contributed by atoms with Crippen molar-refractivity contribution >= 4 is 17.5 Å². The van der Waals surface area contributed by atoms with E-state index in [-0.39, 0.29) is 30.4 Å². The number of nitrogens with one attached hydrogen (secondary N) is 1. The quantitative estimate of drug-likeness (QED) is 0.857. The Morgan fingerprint density at radius 1 is 1.20 bits per heavy atom. The van der Waals surface area contributed by atoms with Crippen molar-refractivity contribution in [1.29, 1.82) is 0 Å². The van der Waals surface area contributed by atoms with Crippen molar-refractivity contribution in [2.75, 3.05) is 26.2 Å². The fraction of sp³-hybridized carbons (Fsp3) is 0.526. The van der Waals surface area contributed by atoms with Gasteiger partial charge in [-0.3, -0.25) is 14.5 Å². The third-order valence-electron chi connectivity index (χ3n) is 3.88. The molecule has 0 unspecified atom stereocenters. The molecule has 0 saturated carbocycles. The molecule has 0 aromatic heterocycles. The number of carbonyl (C=O) groups excluding carboxylic acids is 2. The van der Waals surface area contributed by atoms with Gasteiger partial charge in [-0.1, -0.05) is 37.3 Å². The molecule has 25 heavy (non-hydrogen) atoms. The number of rotatable bonds is 6. The first-order valence-electron chi connectivity index (χ1n) is 8.75. The molecule has 0 saturated heterocycles. The highest BCUT2D eigenvalue weighted by atomic mass is 16.2. The van der Waals surface area contributed by atoms with Crippen LogP contribution in [0.2, 0.25) is 0 Å². The summed E-state index contributed by atoms with van der Waals surface area (Å²) in [6.45, 7) is 9.40. The van der Waals surface area contributed by atoms with Crippen molar-refractivity contribution in [3.8, 4) is 0 Å². The number of benzene rings is 1. The minimum absolute atomic E-state index is 0.0722. The van der Waals surface area contributed by atoms with Gasteiger partial charge in [0.25, 0.3) is 5.91 Å². The molecule has 6 heteroatoms. The van der Waals surface area contributed by atoms with Crippen molar-refractivity contribution < 1.29 is 9.59 Å². The second-order valence-corrected chi connectivity index (χ2v) is 7.28. The Hall–Kier alpha value is -2.21. The highest BCUT2D eigenvalue weighted by Crippen LogP contribution is 2.14. The Morgan fingerprint density at radius 2 is 1.88 bits per heavy atom. The Kier molecular flexibility index (Phi) is 6.31. The van der Waals surface area contributed by atoms with Crippen LogP contribution in [0.3, 0.4) is 0 Å². The number of amides is 2. The van der Waals surface area contributed by atoms with Gasteiger partial charge in [-0.25, -0.2) is 5.01 Å². The summed E-state index contributed by atoms with van der Waals surface area (Å²) >= 11 is 0. The molecule has 1 aromatic rings. The largest absolute Gasteiger partial charge is 0.350 e. The van der Waals surface area contributed by atoms with Gasteiger partial charge in [0.2, 0.25) is 5.91 Å². The van der Waals surface area contributed by atoms with E-state index in [9.17, 15) is 9.59 Å². The summed E-state index contributed by atoms with van der Waals surface area (Å²) in [5, 5.41) is 8.90. The number of nitrogens with zero attached hydrogens (tertiary/aromatic N) is 3. The van der Waals surface area contributed by atoms with E-state index in [4.69, 9.17) is 0 Å². The lowest BCUT2D eigenvalue weighted by Gasteiger charge is -2.25. The van der Waals surface area contributed by atoms with Crippen LogP contribution in [-0.2, 0) is 9.59 Å². The molecule has 1 aliphatic rings. The molecule has 1 aromatic carbocycles. The molecule has 2 rings (SSSR count). The van der Waals surface area contributed by atoms with E-state index in [0.717, 1.165) is 17.7 Å². The van der Waals surface area contributed by atoms with Crippen molar-refractivity contribution in [2.24, 2.45) is 5.10 Å². The molecule has 1 heterocycles. The SMILES string of the molecule is CCN(CC(=O)NC(C)(C)C)CC(=O)N1CCC(c2ccccc2)=N1. The van der Waals surface area contributed by atoms with E-state index in [2.05, 4.69) is 10.4 Å². The van der Waals surface area contributed by atoms with Gasteiger partial charge in [-0.05, 0) is 32.9 Å². The molecule has 6 nitrogen and oxygen atoms in total. The fourth-order valence-electron chi connectivity index (χ4n) is 2.68. The van der Waals surface area contributed by atoms with Crippen molar-refractivity contribution in [3.63, 3.8) is 0 Å². The van der Waals surface area contributed by atoms with Gasteiger partial charge < -0.3 is 5.32 Å². The van der Waals surface area contributed by atoms with Crippen LogP contribution < -0.4 is 5.32 Å². The molecule has 0 atom stereocenters. The average Bonchev–Trinajstić information content (AvgIpc) is 3.03.